The van der Waals surface area contributed by atoms with Crippen molar-refractivity contribution in [1.82, 2.24) is 0 Å². The second-order valence-corrected chi connectivity index (χ2v) is 24.8. The van der Waals surface area contributed by atoms with Gasteiger partial charge in [-0.3, -0.25) is 0 Å². The number of hydrogen-bond donors (Lipinski definition) is 2. The third-order valence-corrected chi connectivity index (χ3v) is 16.3. The van der Waals surface area contributed by atoms with Crippen molar-refractivity contribution in [2.24, 2.45) is 0 Å². The number of methoxy groups -OCH3 is 2. The fourth-order valence-electron chi connectivity index (χ4n) is 11.9. The molecule has 0 saturated heterocycles. The largest absolute Gasteiger partial charge is 0.497 e. The highest BCUT2D eigenvalue weighted by molar-refractivity contribution is 5.56. The fourth-order valence-corrected chi connectivity index (χ4v) is 11.9. The summed E-state index contributed by atoms with van der Waals surface area (Å²) >= 11 is 0. The van der Waals surface area contributed by atoms with E-state index in [0.717, 1.165) is 76.6 Å². The average molecular weight is 1090 g/mol. The lowest BCUT2D eigenvalue weighted by Crippen LogP contribution is -2.34. The Morgan fingerprint density at radius 2 is 0.875 bits per heavy atom. The number of aliphatic hydroxyl groups is 2. The molecular formula is C70H93NO9. The molecule has 10 heteroatoms. The summed E-state index contributed by atoms with van der Waals surface area (Å²) in [6.45, 7) is 30.1. The fraction of sp³-hybridized carbons (Fsp3) is 0.486. The van der Waals surface area contributed by atoms with Crippen molar-refractivity contribution in [3.05, 3.63) is 166 Å². The normalized spacial score (nSPS) is 24.3. The lowest BCUT2D eigenvalue weighted by Gasteiger charge is -2.36. The Labute approximate surface area is 479 Å². The Hall–Kier alpha value is -6.36. The highest BCUT2D eigenvalue weighted by Crippen LogP contribution is 2.44. The second kappa shape index (κ2) is 26.5. The Morgan fingerprint density at radius 3 is 1.39 bits per heavy atom. The van der Waals surface area contributed by atoms with Gasteiger partial charge in [0.25, 0.3) is 0 Å². The molecule has 0 saturated carbocycles. The van der Waals surface area contributed by atoms with Crippen molar-refractivity contribution < 1.29 is 43.4 Å². The minimum absolute atomic E-state index is 0.0122. The average Bonchev–Trinajstić information content (AvgIpc) is 3.49. The zero-order valence-electron chi connectivity index (χ0n) is 50.9. The highest BCUT2D eigenvalue weighted by atomic mass is 16.5. The van der Waals surface area contributed by atoms with Gasteiger partial charge in [-0.25, -0.2) is 0 Å². The molecule has 6 aliphatic rings. The Morgan fingerprint density at radius 1 is 0.450 bits per heavy atom. The number of ether oxygens (including phenoxy) is 7. The third-order valence-electron chi connectivity index (χ3n) is 16.3. The van der Waals surface area contributed by atoms with Gasteiger partial charge >= 0.3 is 0 Å². The first-order valence-corrected chi connectivity index (χ1v) is 29.0. The first-order chi connectivity index (χ1) is 37.9. The number of para-hydroxylation sites is 3. The van der Waals surface area contributed by atoms with Crippen LogP contribution in [0.15, 0.2) is 127 Å². The third kappa shape index (κ3) is 15.8. The highest BCUT2D eigenvalue weighted by Gasteiger charge is 2.34. The van der Waals surface area contributed by atoms with Gasteiger partial charge in [0.05, 0.1) is 26.4 Å². The quantitative estimate of drug-likeness (QED) is 0.174. The molecule has 6 aliphatic heterocycles. The molecule has 0 amide bonds. The summed E-state index contributed by atoms with van der Waals surface area (Å²) in [7, 11) is 5.55. The van der Waals surface area contributed by atoms with E-state index >= 15 is 0 Å². The van der Waals surface area contributed by atoms with Crippen LogP contribution in [-0.2, 0) is 0 Å². The van der Waals surface area contributed by atoms with Gasteiger partial charge in [-0.1, -0.05) is 120 Å². The molecule has 12 rings (SSSR count). The standard InChI is InChI=1S/2C13H18O2.C13H18O.C11H15N.2C10H12O2/c1-9-8-13(2,3)15-12-6-5-10(14-4)7-11(9)12;1-9-8-13(2,3)15-12-7-10(14-4)5-6-11(9)12;1-9-5-6-12-11(7-9)10(2)8-13(3,4)14-12;1-9-7-8-12(2)11-6-4-3-5-10(9)11;2*1-7-8-4-2-3-5-10(8)12-6-9(7)11/h2*5-7,9H,8H2,1-4H3;5-7,10H,8H2,1-4H3;3-6,9H,7-8H2,1-2H3;2*2-5,7,9,11H,6H2,1H3/t;;;;2*7?,9-/m....10/s1. The number of nitrogens with zero attached hydrogens (tertiary/aromatic N) is 1. The lowest BCUT2D eigenvalue weighted by atomic mass is 9.85. The molecule has 0 bridgehead atoms. The number of anilines is 1. The van der Waals surface area contributed by atoms with Gasteiger partial charge in [-0.05, 0) is 174 Å². The minimum atomic E-state index is -0.361. The molecule has 2 N–H and O–H groups in total. The molecular weight excluding hydrogens is 999 g/mol. The molecule has 10 nitrogen and oxygen atoms in total. The van der Waals surface area contributed by atoms with E-state index in [1.807, 2.05) is 86.6 Å². The van der Waals surface area contributed by atoms with Crippen LogP contribution in [-0.4, -0.2) is 80.2 Å². The number of aryl methyl sites for hydroxylation is 1. The van der Waals surface area contributed by atoms with Crippen LogP contribution >= 0.6 is 0 Å². The van der Waals surface area contributed by atoms with Crippen LogP contribution in [0.1, 0.15) is 183 Å². The molecule has 0 spiro atoms. The predicted molar refractivity (Wildman–Crippen MR) is 326 cm³/mol. The van der Waals surface area contributed by atoms with E-state index in [9.17, 15) is 10.2 Å². The zero-order valence-corrected chi connectivity index (χ0v) is 50.9. The summed E-state index contributed by atoms with van der Waals surface area (Å²) in [4.78, 5) is 2.34. The number of fused-ring (bicyclic) bond motifs is 6. The van der Waals surface area contributed by atoms with Gasteiger partial charge < -0.3 is 48.3 Å². The van der Waals surface area contributed by atoms with Crippen LogP contribution in [0.5, 0.6) is 40.2 Å². The van der Waals surface area contributed by atoms with Gasteiger partial charge in [0, 0.05) is 42.7 Å². The zero-order chi connectivity index (χ0) is 58.1. The van der Waals surface area contributed by atoms with E-state index < -0.39 is 0 Å². The number of hydrogen-bond acceptors (Lipinski definition) is 10. The van der Waals surface area contributed by atoms with Crippen LogP contribution in [0.3, 0.4) is 0 Å². The summed E-state index contributed by atoms with van der Waals surface area (Å²) in [5.74, 6) is 9.43. The predicted octanol–water partition coefficient (Wildman–Crippen LogP) is 16.1. The van der Waals surface area contributed by atoms with Crippen molar-refractivity contribution in [3.63, 3.8) is 0 Å². The molecule has 80 heavy (non-hydrogen) atoms. The van der Waals surface area contributed by atoms with E-state index in [4.69, 9.17) is 33.2 Å². The topological polar surface area (TPSA) is 108 Å². The van der Waals surface area contributed by atoms with Gasteiger partial charge in [0.2, 0.25) is 0 Å². The van der Waals surface area contributed by atoms with Crippen LogP contribution in [0, 0.1) is 6.92 Å². The first kappa shape index (κ1) is 61.3. The monoisotopic (exact) mass is 1090 g/mol. The van der Waals surface area contributed by atoms with Crippen LogP contribution in [0.2, 0.25) is 0 Å². The summed E-state index contributed by atoms with van der Waals surface area (Å²) in [6.07, 6.45) is 3.77. The maximum atomic E-state index is 9.50. The SMILES string of the molecule is CC1CCN(C)c2ccccc21.CC1c2ccccc2OC[C@@H]1O.CC1c2ccccc2OC[C@H]1O.COc1ccc2c(c1)C(C)CC(C)(C)O2.COc1ccc2c(c1)OC(C)(C)CC2C.Cc1ccc2c(c1)C(C)CC(C)(C)O2. The van der Waals surface area contributed by atoms with Crippen molar-refractivity contribution in [1.29, 1.82) is 0 Å². The molecule has 0 radical (unpaired) electrons. The maximum Gasteiger partial charge on any atom is 0.127 e. The molecule has 432 valence electrons. The minimum Gasteiger partial charge on any atom is -0.497 e. The van der Waals surface area contributed by atoms with E-state index in [1.54, 1.807) is 14.2 Å². The molecule has 6 aromatic rings. The number of rotatable bonds is 2. The van der Waals surface area contributed by atoms with Crippen LogP contribution in [0.25, 0.3) is 0 Å². The van der Waals surface area contributed by atoms with E-state index in [0.29, 0.717) is 31.0 Å². The van der Waals surface area contributed by atoms with E-state index in [-0.39, 0.29) is 40.8 Å². The summed E-state index contributed by atoms with van der Waals surface area (Å²) < 4.78 is 39.0. The molecule has 0 aliphatic carbocycles. The van der Waals surface area contributed by atoms with Crippen molar-refractivity contribution >= 4 is 5.69 Å². The van der Waals surface area contributed by atoms with Crippen LogP contribution in [0.4, 0.5) is 5.69 Å². The van der Waals surface area contributed by atoms with Crippen LogP contribution < -0.4 is 38.1 Å². The molecule has 6 aromatic carbocycles. The Balaban J connectivity index is 0.000000139. The Kier molecular flexibility index (Phi) is 20.3. The molecule has 0 aromatic heterocycles. The van der Waals surface area contributed by atoms with Crippen molar-refractivity contribution in [2.75, 3.05) is 45.9 Å². The van der Waals surface area contributed by atoms with Gasteiger partial charge in [0.15, 0.2) is 0 Å². The number of benzene rings is 6. The smallest absolute Gasteiger partial charge is 0.127 e. The second-order valence-electron chi connectivity index (χ2n) is 24.8. The van der Waals surface area contributed by atoms with Crippen molar-refractivity contribution in [3.8, 4) is 40.2 Å². The molecule has 6 unspecified atom stereocenters. The lowest BCUT2D eigenvalue weighted by molar-refractivity contribution is 0.0713. The first-order valence-electron chi connectivity index (χ1n) is 29.0. The summed E-state index contributed by atoms with van der Waals surface area (Å²) in [5, 5.41) is 19.0. The Bertz CT molecular complexity index is 2880. The van der Waals surface area contributed by atoms with E-state index in [2.05, 4.69) is 143 Å². The molecule has 8 atom stereocenters. The van der Waals surface area contributed by atoms with Gasteiger partial charge in [0.1, 0.15) is 70.3 Å². The number of aliphatic hydroxyl groups excluding tert-OH is 2. The van der Waals surface area contributed by atoms with Gasteiger partial charge in [-0.2, -0.15) is 0 Å². The summed E-state index contributed by atoms with van der Waals surface area (Å²) in [6, 6.07) is 43.0. The maximum absolute atomic E-state index is 9.50. The van der Waals surface area contributed by atoms with Gasteiger partial charge in [-0.15, -0.1) is 0 Å². The van der Waals surface area contributed by atoms with E-state index in [1.165, 1.54) is 46.5 Å². The van der Waals surface area contributed by atoms with Crippen molar-refractivity contribution in [2.45, 2.75) is 180 Å². The molecule has 6 heterocycles. The molecule has 0 fully saturated rings. The summed E-state index contributed by atoms with van der Waals surface area (Å²) in [5.41, 5.74) is 10.2.